The van der Waals surface area contributed by atoms with Crippen molar-refractivity contribution in [3.63, 3.8) is 0 Å². The third-order valence-electron chi connectivity index (χ3n) is 3.82. The smallest absolute Gasteiger partial charge is 0.136 e. The first-order chi connectivity index (χ1) is 8.75. The van der Waals surface area contributed by atoms with Gasteiger partial charge >= 0.3 is 0 Å². The van der Waals surface area contributed by atoms with E-state index in [1.54, 1.807) is 0 Å². The number of piperidine rings is 1. The number of anilines is 1. The van der Waals surface area contributed by atoms with Crippen LogP contribution < -0.4 is 4.90 Å². The Balaban J connectivity index is 1.99. The quantitative estimate of drug-likeness (QED) is 0.727. The molecule has 2 aromatic rings. The summed E-state index contributed by atoms with van der Waals surface area (Å²) >= 11 is 6.39. The van der Waals surface area contributed by atoms with Gasteiger partial charge in [0.1, 0.15) is 5.82 Å². The van der Waals surface area contributed by atoms with Crippen LogP contribution in [0.15, 0.2) is 36.5 Å². The first-order valence-electron chi connectivity index (χ1n) is 6.48. The molecule has 2 nitrogen and oxygen atoms in total. The molecule has 0 aliphatic carbocycles. The second kappa shape index (κ2) is 4.77. The second-order valence-corrected chi connectivity index (χ2v) is 5.64. The van der Waals surface area contributed by atoms with E-state index in [1.807, 2.05) is 6.20 Å². The summed E-state index contributed by atoms with van der Waals surface area (Å²) in [4.78, 5) is 6.88. The SMILES string of the molecule is CC1CCN(c2nccc3ccccc23)CC1Cl. The molecule has 1 aromatic carbocycles. The largest absolute Gasteiger partial charge is 0.355 e. The molecule has 94 valence electrons. The molecular weight excluding hydrogens is 244 g/mol. The van der Waals surface area contributed by atoms with Crippen LogP contribution in [0.2, 0.25) is 0 Å². The van der Waals surface area contributed by atoms with E-state index in [1.165, 1.54) is 10.8 Å². The van der Waals surface area contributed by atoms with Crippen LogP contribution in [-0.2, 0) is 0 Å². The topological polar surface area (TPSA) is 16.1 Å². The van der Waals surface area contributed by atoms with Crippen LogP contribution in [0.1, 0.15) is 13.3 Å². The summed E-state index contributed by atoms with van der Waals surface area (Å²) in [6.07, 6.45) is 3.03. The van der Waals surface area contributed by atoms with Crippen molar-refractivity contribution in [3.8, 4) is 0 Å². The molecule has 2 atom stereocenters. The number of alkyl halides is 1. The molecule has 0 amide bonds. The molecule has 2 unspecified atom stereocenters. The van der Waals surface area contributed by atoms with E-state index in [2.05, 4.69) is 47.1 Å². The number of hydrogen-bond donors (Lipinski definition) is 0. The first-order valence-corrected chi connectivity index (χ1v) is 6.92. The highest BCUT2D eigenvalue weighted by Crippen LogP contribution is 2.29. The van der Waals surface area contributed by atoms with Gasteiger partial charge in [0.25, 0.3) is 0 Å². The van der Waals surface area contributed by atoms with Crippen molar-refractivity contribution in [2.45, 2.75) is 18.7 Å². The number of rotatable bonds is 1. The van der Waals surface area contributed by atoms with Crippen molar-refractivity contribution < 1.29 is 0 Å². The predicted molar refractivity (Wildman–Crippen MR) is 77.4 cm³/mol. The van der Waals surface area contributed by atoms with E-state index in [0.717, 1.165) is 25.3 Å². The van der Waals surface area contributed by atoms with Crippen molar-refractivity contribution in [1.29, 1.82) is 0 Å². The zero-order chi connectivity index (χ0) is 12.5. The average molecular weight is 261 g/mol. The lowest BCUT2D eigenvalue weighted by atomic mass is 9.98. The van der Waals surface area contributed by atoms with Gasteiger partial charge in [-0.3, -0.25) is 0 Å². The minimum Gasteiger partial charge on any atom is -0.355 e. The molecule has 1 saturated heterocycles. The van der Waals surface area contributed by atoms with Crippen molar-refractivity contribution >= 4 is 28.2 Å². The summed E-state index contributed by atoms with van der Waals surface area (Å²) in [5, 5.41) is 2.69. The fraction of sp³-hybridized carbons (Fsp3) is 0.400. The van der Waals surface area contributed by atoms with Gasteiger partial charge in [0.2, 0.25) is 0 Å². The maximum Gasteiger partial charge on any atom is 0.136 e. The van der Waals surface area contributed by atoms with E-state index < -0.39 is 0 Å². The summed E-state index contributed by atoms with van der Waals surface area (Å²) in [6, 6.07) is 10.5. The summed E-state index contributed by atoms with van der Waals surface area (Å²) < 4.78 is 0. The van der Waals surface area contributed by atoms with Gasteiger partial charge in [-0.05, 0) is 23.8 Å². The molecule has 18 heavy (non-hydrogen) atoms. The monoisotopic (exact) mass is 260 g/mol. The van der Waals surface area contributed by atoms with Gasteiger partial charge in [-0.2, -0.15) is 0 Å². The van der Waals surface area contributed by atoms with Gasteiger partial charge in [-0.25, -0.2) is 4.98 Å². The standard InChI is InChI=1S/C15H17ClN2/c1-11-7-9-18(10-14(11)16)15-13-5-3-2-4-12(13)6-8-17-15/h2-6,8,11,14H,7,9-10H2,1H3. The van der Waals surface area contributed by atoms with Crippen LogP contribution >= 0.6 is 11.6 Å². The number of halogens is 1. The lowest BCUT2D eigenvalue weighted by Crippen LogP contribution is -2.40. The number of benzene rings is 1. The molecule has 0 radical (unpaired) electrons. The molecule has 0 spiro atoms. The van der Waals surface area contributed by atoms with Gasteiger partial charge in [-0.1, -0.05) is 31.2 Å². The van der Waals surface area contributed by atoms with Crippen molar-refractivity contribution in [3.05, 3.63) is 36.5 Å². The van der Waals surface area contributed by atoms with Crippen LogP contribution in [0.25, 0.3) is 10.8 Å². The van der Waals surface area contributed by atoms with E-state index in [0.29, 0.717) is 5.92 Å². The summed E-state index contributed by atoms with van der Waals surface area (Å²) in [6.45, 7) is 4.17. The third kappa shape index (κ3) is 2.05. The maximum atomic E-state index is 6.39. The molecule has 0 bridgehead atoms. The van der Waals surface area contributed by atoms with Crippen LogP contribution in [0, 0.1) is 5.92 Å². The number of pyridine rings is 1. The van der Waals surface area contributed by atoms with Crippen LogP contribution in [-0.4, -0.2) is 23.5 Å². The van der Waals surface area contributed by atoms with Gasteiger partial charge in [0.15, 0.2) is 0 Å². The fourth-order valence-corrected chi connectivity index (χ4v) is 2.86. The third-order valence-corrected chi connectivity index (χ3v) is 4.39. The zero-order valence-corrected chi connectivity index (χ0v) is 11.3. The second-order valence-electron chi connectivity index (χ2n) is 5.08. The highest BCUT2D eigenvalue weighted by atomic mass is 35.5. The van der Waals surface area contributed by atoms with Crippen LogP contribution in [0.4, 0.5) is 5.82 Å². The molecule has 0 saturated carbocycles. The summed E-state index contributed by atoms with van der Waals surface area (Å²) in [7, 11) is 0. The van der Waals surface area contributed by atoms with Gasteiger partial charge in [0.05, 0.1) is 5.38 Å². The van der Waals surface area contributed by atoms with Gasteiger partial charge in [-0.15, -0.1) is 11.6 Å². The lowest BCUT2D eigenvalue weighted by molar-refractivity contribution is 0.444. The Kier molecular flexibility index (Phi) is 3.13. The molecule has 1 aliphatic heterocycles. The Morgan fingerprint density at radius 2 is 2.11 bits per heavy atom. The Morgan fingerprint density at radius 3 is 2.94 bits per heavy atom. The maximum absolute atomic E-state index is 6.39. The fourth-order valence-electron chi connectivity index (χ4n) is 2.57. The summed E-state index contributed by atoms with van der Waals surface area (Å²) in [5.74, 6) is 1.67. The molecule has 2 heterocycles. The van der Waals surface area contributed by atoms with Crippen molar-refractivity contribution in [2.75, 3.05) is 18.0 Å². The van der Waals surface area contributed by atoms with E-state index in [-0.39, 0.29) is 5.38 Å². The van der Waals surface area contributed by atoms with Gasteiger partial charge in [0, 0.05) is 24.7 Å². The molecule has 0 N–H and O–H groups in total. The zero-order valence-electron chi connectivity index (χ0n) is 10.5. The lowest BCUT2D eigenvalue weighted by Gasteiger charge is -2.35. The Hall–Kier alpha value is -1.28. The average Bonchev–Trinajstić information content (AvgIpc) is 2.41. The Morgan fingerprint density at radius 1 is 1.28 bits per heavy atom. The Bertz CT molecular complexity index is 550. The number of aromatic nitrogens is 1. The van der Waals surface area contributed by atoms with Gasteiger partial charge < -0.3 is 4.90 Å². The Labute approximate surface area is 113 Å². The normalized spacial score (nSPS) is 24.4. The van der Waals surface area contributed by atoms with E-state index in [9.17, 15) is 0 Å². The molecular formula is C15H17ClN2. The van der Waals surface area contributed by atoms with E-state index >= 15 is 0 Å². The number of hydrogen-bond acceptors (Lipinski definition) is 2. The molecule has 1 aliphatic rings. The van der Waals surface area contributed by atoms with Crippen LogP contribution in [0.3, 0.4) is 0 Å². The molecule has 3 heteroatoms. The molecule has 1 aromatic heterocycles. The molecule has 3 rings (SSSR count). The van der Waals surface area contributed by atoms with Crippen molar-refractivity contribution in [2.24, 2.45) is 5.92 Å². The summed E-state index contributed by atoms with van der Waals surface area (Å²) in [5.41, 5.74) is 0. The highest BCUT2D eigenvalue weighted by molar-refractivity contribution is 6.21. The number of fused-ring (bicyclic) bond motifs is 1. The minimum absolute atomic E-state index is 0.222. The van der Waals surface area contributed by atoms with Crippen molar-refractivity contribution in [1.82, 2.24) is 4.98 Å². The van der Waals surface area contributed by atoms with Crippen LogP contribution in [0.5, 0.6) is 0 Å². The molecule has 1 fully saturated rings. The highest BCUT2D eigenvalue weighted by Gasteiger charge is 2.25. The predicted octanol–water partition coefficient (Wildman–Crippen LogP) is 3.69. The first kappa shape index (κ1) is 11.8. The number of nitrogens with zero attached hydrogens (tertiary/aromatic N) is 2. The van der Waals surface area contributed by atoms with E-state index in [4.69, 9.17) is 11.6 Å². The minimum atomic E-state index is 0.222.